The van der Waals surface area contributed by atoms with Crippen molar-refractivity contribution < 1.29 is 9.53 Å². The van der Waals surface area contributed by atoms with Gasteiger partial charge in [-0.1, -0.05) is 11.6 Å². The topological polar surface area (TPSA) is 87.9 Å². The molecule has 134 valence electrons. The Kier molecular flexibility index (Phi) is 5.69. The summed E-state index contributed by atoms with van der Waals surface area (Å²) in [7, 11) is 0. The highest BCUT2D eigenvalue weighted by Gasteiger charge is 2.24. The normalized spacial score (nSPS) is 19.4. The SMILES string of the molecule is Cc1ncc(C(=O)N[C@H]2CC[C@H](Oc3ccc(C#N)c(Cl)c3)CC2)cn1. The number of nitrogens with zero attached hydrogens (tertiary/aromatic N) is 3. The number of carbonyl (C=O) groups is 1. The summed E-state index contributed by atoms with van der Waals surface area (Å²) in [5.74, 6) is 1.16. The number of amides is 1. The molecular formula is C19H19ClN4O2. The summed E-state index contributed by atoms with van der Waals surface area (Å²) in [6.07, 6.45) is 6.53. The lowest BCUT2D eigenvalue weighted by Gasteiger charge is -2.29. The summed E-state index contributed by atoms with van der Waals surface area (Å²) in [5, 5.41) is 12.3. The van der Waals surface area contributed by atoms with Gasteiger partial charge in [0.2, 0.25) is 0 Å². The molecule has 1 aliphatic rings. The molecule has 7 heteroatoms. The second-order valence-electron chi connectivity index (χ2n) is 6.34. The number of aryl methyl sites for hydroxylation is 1. The van der Waals surface area contributed by atoms with Gasteiger partial charge >= 0.3 is 0 Å². The van der Waals surface area contributed by atoms with Crippen LogP contribution < -0.4 is 10.1 Å². The molecule has 2 aromatic rings. The first-order chi connectivity index (χ1) is 12.5. The highest BCUT2D eigenvalue weighted by atomic mass is 35.5. The van der Waals surface area contributed by atoms with Crippen molar-refractivity contribution in [3.8, 4) is 11.8 Å². The summed E-state index contributed by atoms with van der Waals surface area (Å²) in [6, 6.07) is 7.24. The van der Waals surface area contributed by atoms with E-state index in [9.17, 15) is 4.79 Å². The number of rotatable bonds is 4. The van der Waals surface area contributed by atoms with Gasteiger partial charge in [-0.2, -0.15) is 5.26 Å². The first kappa shape index (κ1) is 18.2. The van der Waals surface area contributed by atoms with Gasteiger partial charge in [0.25, 0.3) is 5.91 Å². The number of benzene rings is 1. The number of ether oxygens (including phenoxy) is 1. The Labute approximate surface area is 157 Å². The largest absolute Gasteiger partial charge is 0.490 e. The number of halogens is 1. The fraction of sp³-hybridized carbons (Fsp3) is 0.368. The zero-order valence-corrected chi connectivity index (χ0v) is 15.2. The molecule has 0 saturated heterocycles. The minimum absolute atomic E-state index is 0.0786. The van der Waals surface area contributed by atoms with Crippen LogP contribution in [0, 0.1) is 18.3 Å². The Hall–Kier alpha value is -2.65. The van der Waals surface area contributed by atoms with Gasteiger partial charge in [-0.25, -0.2) is 9.97 Å². The summed E-state index contributed by atoms with van der Waals surface area (Å²) in [4.78, 5) is 20.3. The zero-order valence-electron chi connectivity index (χ0n) is 14.4. The van der Waals surface area contributed by atoms with E-state index in [0.717, 1.165) is 25.7 Å². The number of hydrogen-bond acceptors (Lipinski definition) is 5. The Bertz CT molecular complexity index is 824. The van der Waals surface area contributed by atoms with Gasteiger partial charge in [-0.3, -0.25) is 4.79 Å². The Balaban J connectivity index is 1.49. The lowest BCUT2D eigenvalue weighted by molar-refractivity contribution is 0.0893. The number of nitriles is 1. The molecule has 0 spiro atoms. The van der Waals surface area contributed by atoms with E-state index in [4.69, 9.17) is 21.6 Å². The van der Waals surface area contributed by atoms with Crippen LogP contribution in [0.1, 0.15) is 47.4 Å². The number of hydrogen-bond donors (Lipinski definition) is 1. The van der Waals surface area contributed by atoms with E-state index in [1.165, 1.54) is 0 Å². The molecule has 1 aromatic carbocycles. The van der Waals surface area contributed by atoms with Gasteiger partial charge in [0, 0.05) is 24.5 Å². The van der Waals surface area contributed by atoms with Gasteiger partial charge in [0.15, 0.2) is 0 Å². The van der Waals surface area contributed by atoms with E-state index in [0.29, 0.717) is 27.7 Å². The predicted octanol–water partition coefficient (Wildman–Crippen LogP) is 3.43. The lowest BCUT2D eigenvalue weighted by Crippen LogP contribution is -2.39. The van der Waals surface area contributed by atoms with E-state index in [1.807, 2.05) is 6.07 Å². The van der Waals surface area contributed by atoms with Crippen LogP contribution in [-0.4, -0.2) is 28.0 Å². The van der Waals surface area contributed by atoms with Crippen LogP contribution in [0.3, 0.4) is 0 Å². The average Bonchev–Trinajstić information content (AvgIpc) is 2.64. The molecule has 6 nitrogen and oxygen atoms in total. The van der Waals surface area contributed by atoms with Crippen molar-refractivity contribution in [1.82, 2.24) is 15.3 Å². The van der Waals surface area contributed by atoms with E-state index in [-0.39, 0.29) is 18.1 Å². The molecule has 1 amide bonds. The standard InChI is InChI=1S/C19H19ClN4O2/c1-12-22-10-14(11-23-12)19(25)24-15-3-6-16(7-4-15)26-17-5-2-13(9-21)18(20)8-17/h2,5,8,10-11,15-16H,3-4,6-7H2,1H3,(H,24,25)/t15-,16-. The molecule has 26 heavy (non-hydrogen) atoms. The van der Waals surface area contributed by atoms with Crippen molar-refractivity contribution in [2.75, 3.05) is 0 Å². The van der Waals surface area contributed by atoms with Crippen molar-refractivity contribution in [3.05, 3.63) is 52.6 Å². The van der Waals surface area contributed by atoms with E-state index >= 15 is 0 Å². The van der Waals surface area contributed by atoms with Gasteiger partial charge < -0.3 is 10.1 Å². The second kappa shape index (κ2) is 8.15. The fourth-order valence-corrected chi connectivity index (χ4v) is 3.17. The lowest BCUT2D eigenvalue weighted by atomic mass is 9.92. The van der Waals surface area contributed by atoms with Crippen LogP contribution in [0.4, 0.5) is 0 Å². The number of aromatic nitrogens is 2. The first-order valence-electron chi connectivity index (χ1n) is 8.51. The van der Waals surface area contributed by atoms with Crippen LogP contribution in [-0.2, 0) is 0 Å². The van der Waals surface area contributed by atoms with Crippen LogP contribution in [0.25, 0.3) is 0 Å². The summed E-state index contributed by atoms with van der Waals surface area (Å²) in [6.45, 7) is 1.78. The summed E-state index contributed by atoms with van der Waals surface area (Å²) >= 11 is 6.04. The summed E-state index contributed by atoms with van der Waals surface area (Å²) in [5.41, 5.74) is 0.909. The maximum atomic E-state index is 12.2. The molecule has 1 heterocycles. The average molecular weight is 371 g/mol. The maximum absolute atomic E-state index is 12.2. The molecule has 1 aromatic heterocycles. The molecule has 1 aliphatic carbocycles. The highest BCUT2D eigenvalue weighted by Crippen LogP contribution is 2.27. The minimum Gasteiger partial charge on any atom is -0.490 e. The molecule has 1 fully saturated rings. The molecule has 0 aliphatic heterocycles. The van der Waals surface area contributed by atoms with E-state index in [2.05, 4.69) is 15.3 Å². The zero-order chi connectivity index (χ0) is 18.5. The first-order valence-corrected chi connectivity index (χ1v) is 8.89. The van der Waals surface area contributed by atoms with Crippen molar-refractivity contribution in [2.24, 2.45) is 0 Å². The van der Waals surface area contributed by atoms with Crippen LogP contribution in [0.15, 0.2) is 30.6 Å². The molecule has 0 unspecified atom stereocenters. The minimum atomic E-state index is -0.145. The molecule has 0 bridgehead atoms. The second-order valence-corrected chi connectivity index (χ2v) is 6.74. The smallest absolute Gasteiger partial charge is 0.254 e. The van der Waals surface area contributed by atoms with Crippen molar-refractivity contribution in [3.63, 3.8) is 0 Å². The Morgan fingerprint density at radius 2 is 1.96 bits per heavy atom. The maximum Gasteiger partial charge on any atom is 0.254 e. The van der Waals surface area contributed by atoms with Crippen LogP contribution >= 0.6 is 11.6 Å². The monoisotopic (exact) mass is 370 g/mol. The fourth-order valence-electron chi connectivity index (χ4n) is 2.96. The third-order valence-electron chi connectivity index (χ3n) is 4.42. The molecule has 0 atom stereocenters. The molecule has 0 radical (unpaired) electrons. The van der Waals surface area contributed by atoms with Crippen molar-refractivity contribution in [2.45, 2.75) is 44.8 Å². The predicted molar refractivity (Wildman–Crippen MR) is 97.1 cm³/mol. The third kappa shape index (κ3) is 4.50. The number of carbonyl (C=O) groups excluding carboxylic acids is 1. The van der Waals surface area contributed by atoms with Gasteiger partial charge in [-0.05, 0) is 44.7 Å². The molecular weight excluding hydrogens is 352 g/mol. The Morgan fingerprint density at radius 1 is 1.27 bits per heavy atom. The molecule has 1 saturated carbocycles. The van der Waals surface area contributed by atoms with Crippen molar-refractivity contribution >= 4 is 17.5 Å². The van der Waals surface area contributed by atoms with E-state index < -0.39 is 0 Å². The van der Waals surface area contributed by atoms with Gasteiger partial charge in [0.05, 0.1) is 22.3 Å². The van der Waals surface area contributed by atoms with Gasteiger partial charge in [-0.15, -0.1) is 0 Å². The molecule has 3 rings (SSSR count). The number of nitrogens with one attached hydrogen (secondary N) is 1. The van der Waals surface area contributed by atoms with E-state index in [1.54, 1.807) is 37.5 Å². The summed E-state index contributed by atoms with van der Waals surface area (Å²) < 4.78 is 5.96. The van der Waals surface area contributed by atoms with Crippen LogP contribution in [0.5, 0.6) is 5.75 Å². The Morgan fingerprint density at radius 3 is 2.58 bits per heavy atom. The highest BCUT2D eigenvalue weighted by molar-refractivity contribution is 6.31. The van der Waals surface area contributed by atoms with Crippen LogP contribution in [0.2, 0.25) is 5.02 Å². The quantitative estimate of drug-likeness (QED) is 0.890. The van der Waals surface area contributed by atoms with Gasteiger partial charge in [0.1, 0.15) is 17.6 Å². The third-order valence-corrected chi connectivity index (χ3v) is 4.73. The molecule has 1 N–H and O–H groups in total. The van der Waals surface area contributed by atoms with Crippen molar-refractivity contribution in [1.29, 1.82) is 5.26 Å².